The number of hydrogen-bond donors (Lipinski definition) is 0. The molecule has 3 heterocycles. The number of anilines is 1. The number of benzene rings is 1. The molecular formula is C19H23N3O3S. The summed E-state index contributed by atoms with van der Waals surface area (Å²) >= 11 is 1.64. The third-order valence-corrected chi connectivity index (χ3v) is 5.63. The molecule has 26 heavy (non-hydrogen) atoms. The summed E-state index contributed by atoms with van der Waals surface area (Å²) in [6.45, 7) is 4.41. The van der Waals surface area contributed by atoms with Crippen LogP contribution in [0, 0.1) is 0 Å². The summed E-state index contributed by atoms with van der Waals surface area (Å²) in [5.41, 5.74) is 0.678. The molecule has 2 aliphatic rings. The van der Waals surface area contributed by atoms with Crippen molar-refractivity contribution in [2.75, 3.05) is 44.3 Å². The molecule has 2 aromatic rings. The third-order valence-electron chi connectivity index (χ3n) is 4.80. The van der Waals surface area contributed by atoms with Gasteiger partial charge in [-0.05, 0) is 31.0 Å². The lowest BCUT2D eigenvalue weighted by atomic mass is 10.1. The number of carbonyl (C=O) groups is 1. The van der Waals surface area contributed by atoms with Crippen molar-refractivity contribution >= 4 is 22.4 Å². The Labute approximate surface area is 157 Å². The third kappa shape index (κ3) is 3.99. The Morgan fingerprint density at radius 1 is 1.31 bits per heavy atom. The van der Waals surface area contributed by atoms with E-state index in [9.17, 15) is 4.79 Å². The van der Waals surface area contributed by atoms with Crippen LogP contribution in [0.25, 0.3) is 0 Å². The highest BCUT2D eigenvalue weighted by atomic mass is 32.1. The summed E-state index contributed by atoms with van der Waals surface area (Å²) < 4.78 is 11.4. The number of aromatic nitrogens is 1. The molecule has 1 amide bonds. The fraction of sp³-hybridized carbons (Fsp3) is 0.474. The largest absolute Gasteiger partial charge is 0.491 e. The van der Waals surface area contributed by atoms with E-state index in [2.05, 4.69) is 9.88 Å². The maximum Gasteiger partial charge on any atom is 0.254 e. The van der Waals surface area contributed by atoms with Gasteiger partial charge in [0.15, 0.2) is 5.13 Å². The van der Waals surface area contributed by atoms with Crippen LogP contribution >= 0.6 is 11.3 Å². The summed E-state index contributed by atoms with van der Waals surface area (Å²) in [5, 5.41) is 3.01. The van der Waals surface area contributed by atoms with E-state index in [-0.39, 0.29) is 12.0 Å². The molecule has 6 nitrogen and oxygen atoms in total. The Kier molecular flexibility index (Phi) is 5.36. The lowest BCUT2D eigenvalue weighted by Crippen LogP contribution is -2.48. The number of rotatable bonds is 5. The molecule has 1 aromatic heterocycles. The van der Waals surface area contributed by atoms with E-state index < -0.39 is 0 Å². The molecule has 2 saturated heterocycles. The molecule has 2 fully saturated rings. The van der Waals surface area contributed by atoms with Crippen LogP contribution in [-0.2, 0) is 4.74 Å². The second-order valence-corrected chi connectivity index (χ2v) is 7.44. The van der Waals surface area contributed by atoms with Gasteiger partial charge in [0.2, 0.25) is 0 Å². The SMILES string of the molecule is O=C(c1cccc(OC[C@@H]2CCCO2)c1)N1CCN(c2nccs2)CC1. The highest BCUT2D eigenvalue weighted by Crippen LogP contribution is 2.21. The van der Waals surface area contributed by atoms with Crippen LogP contribution < -0.4 is 9.64 Å². The van der Waals surface area contributed by atoms with Gasteiger partial charge in [-0.15, -0.1) is 11.3 Å². The molecule has 0 aliphatic carbocycles. The van der Waals surface area contributed by atoms with E-state index >= 15 is 0 Å². The van der Waals surface area contributed by atoms with Crippen molar-refractivity contribution in [3.05, 3.63) is 41.4 Å². The van der Waals surface area contributed by atoms with Crippen LogP contribution in [0.4, 0.5) is 5.13 Å². The van der Waals surface area contributed by atoms with E-state index in [1.807, 2.05) is 40.7 Å². The van der Waals surface area contributed by atoms with Crippen LogP contribution in [0.1, 0.15) is 23.2 Å². The fourth-order valence-electron chi connectivity index (χ4n) is 3.34. The Morgan fingerprint density at radius 2 is 2.19 bits per heavy atom. The number of hydrogen-bond acceptors (Lipinski definition) is 6. The first-order valence-electron chi connectivity index (χ1n) is 9.08. The quantitative estimate of drug-likeness (QED) is 0.807. The highest BCUT2D eigenvalue weighted by Gasteiger charge is 2.23. The minimum atomic E-state index is 0.0614. The van der Waals surface area contributed by atoms with Crippen LogP contribution in [0.15, 0.2) is 35.8 Å². The van der Waals surface area contributed by atoms with E-state index in [0.717, 1.165) is 43.4 Å². The molecule has 7 heteroatoms. The van der Waals surface area contributed by atoms with Crippen molar-refractivity contribution in [2.24, 2.45) is 0 Å². The molecule has 0 saturated carbocycles. The molecular weight excluding hydrogens is 350 g/mol. The van der Waals surface area contributed by atoms with E-state index in [0.29, 0.717) is 25.3 Å². The zero-order valence-corrected chi connectivity index (χ0v) is 15.5. The van der Waals surface area contributed by atoms with Gasteiger partial charge in [0, 0.05) is 49.9 Å². The lowest BCUT2D eigenvalue weighted by molar-refractivity contribution is 0.0677. The molecule has 0 N–H and O–H groups in total. The molecule has 4 rings (SSSR count). The first-order valence-corrected chi connectivity index (χ1v) is 9.96. The van der Waals surface area contributed by atoms with Crippen LogP contribution in [0.5, 0.6) is 5.75 Å². The van der Waals surface area contributed by atoms with Crippen molar-refractivity contribution in [2.45, 2.75) is 18.9 Å². The minimum absolute atomic E-state index is 0.0614. The van der Waals surface area contributed by atoms with Gasteiger partial charge in [0.25, 0.3) is 5.91 Å². The predicted molar refractivity (Wildman–Crippen MR) is 101 cm³/mol. The zero-order chi connectivity index (χ0) is 17.8. The summed E-state index contributed by atoms with van der Waals surface area (Å²) in [5.74, 6) is 0.791. The summed E-state index contributed by atoms with van der Waals surface area (Å²) in [7, 11) is 0. The lowest BCUT2D eigenvalue weighted by Gasteiger charge is -2.34. The highest BCUT2D eigenvalue weighted by molar-refractivity contribution is 7.13. The topological polar surface area (TPSA) is 54.9 Å². The molecule has 0 bridgehead atoms. The van der Waals surface area contributed by atoms with Gasteiger partial charge in [-0.3, -0.25) is 4.79 Å². The molecule has 0 unspecified atom stereocenters. The van der Waals surface area contributed by atoms with E-state index in [4.69, 9.17) is 9.47 Å². The van der Waals surface area contributed by atoms with Crippen LogP contribution in [0.2, 0.25) is 0 Å². The molecule has 1 atom stereocenters. The second-order valence-electron chi connectivity index (χ2n) is 6.57. The van der Waals surface area contributed by atoms with Crippen molar-refractivity contribution < 1.29 is 14.3 Å². The maximum absolute atomic E-state index is 12.8. The number of nitrogens with zero attached hydrogens (tertiary/aromatic N) is 3. The van der Waals surface area contributed by atoms with Gasteiger partial charge in [-0.2, -0.15) is 0 Å². The Balaban J connectivity index is 1.33. The Morgan fingerprint density at radius 3 is 2.92 bits per heavy atom. The van der Waals surface area contributed by atoms with Gasteiger partial charge in [-0.25, -0.2) is 4.98 Å². The first-order chi connectivity index (χ1) is 12.8. The average molecular weight is 373 g/mol. The number of carbonyl (C=O) groups excluding carboxylic acids is 1. The Bertz CT molecular complexity index is 723. The summed E-state index contributed by atoms with van der Waals surface area (Å²) in [4.78, 5) is 21.3. The second kappa shape index (κ2) is 8.05. The van der Waals surface area contributed by atoms with Crippen LogP contribution in [-0.4, -0.2) is 61.3 Å². The van der Waals surface area contributed by atoms with Crippen molar-refractivity contribution in [3.63, 3.8) is 0 Å². The molecule has 0 radical (unpaired) electrons. The monoisotopic (exact) mass is 373 g/mol. The molecule has 2 aliphatic heterocycles. The van der Waals surface area contributed by atoms with Crippen LogP contribution in [0.3, 0.4) is 0 Å². The van der Waals surface area contributed by atoms with E-state index in [1.54, 1.807) is 11.3 Å². The summed E-state index contributed by atoms with van der Waals surface area (Å²) in [6.07, 6.45) is 4.13. The summed E-state index contributed by atoms with van der Waals surface area (Å²) in [6, 6.07) is 7.47. The number of thiazole rings is 1. The number of amides is 1. The predicted octanol–water partition coefficient (Wildman–Crippen LogP) is 2.66. The standard InChI is InChI=1S/C19H23N3O3S/c23-18(21-7-9-22(10-8-21)19-20-6-12-26-19)15-3-1-4-16(13-15)25-14-17-5-2-11-24-17/h1,3-4,6,12-13,17H,2,5,7-11,14H2/t17-/m0/s1. The fourth-order valence-corrected chi connectivity index (χ4v) is 4.04. The van der Waals surface area contributed by atoms with Gasteiger partial charge in [0.05, 0.1) is 6.10 Å². The van der Waals surface area contributed by atoms with Gasteiger partial charge < -0.3 is 19.3 Å². The number of piperazine rings is 1. The minimum Gasteiger partial charge on any atom is -0.491 e. The molecule has 1 aromatic carbocycles. The molecule has 0 spiro atoms. The van der Waals surface area contributed by atoms with E-state index in [1.165, 1.54) is 0 Å². The van der Waals surface area contributed by atoms with Gasteiger partial charge in [0.1, 0.15) is 12.4 Å². The van der Waals surface area contributed by atoms with Crippen molar-refractivity contribution in [1.29, 1.82) is 0 Å². The molecule has 138 valence electrons. The maximum atomic E-state index is 12.8. The van der Waals surface area contributed by atoms with Gasteiger partial charge >= 0.3 is 0 Å². The first kappa shape index (κ1) is 17.3. The number of ether oxygens (including phenoxy) is 2. The normalized spacial score (nSPS) is 20.4. The van der Waals surface area contributed by atoms with Crippen molar-refractivity contribution in [1.82, 2.24) is 9.88 Å². The zero-order valence-electron chi connectivity index (χ0n) is 14.7. The Hall–Kier alpha value is -2.12. The smallest absolute Gasteiger partial charge is 0.254 e. The average Bonchev–Trinajstić information content (AvgIpc) is 3.40. The van der Waals surface area contributed by atoms with Crippen molar-refractivity contribution in [3.8, 4) is 5.75 Å². The van der Waals surface area contributed by atoms with Gasteiger partial charge in [-0.1, -0.05) is 6.07 Å².